The topological polar surface area (TPSA) is 363 Å². The van der Waals surface area contributed by atoms with Gasteiger partial charge in [0.05, 0.1) is 33.3 Å². The number of carbonyl (C=O) groups excluding carboxylic acids is 8. The van der Waals surface area contributed by atoms with Crippen LogP contribution >= 0.6 is 11.6 Å². The van der Waals surface area contributed by atoms with E-state index in [1.54, 1.807) is 18.3 Å². The maximum atomic E-state index is 14.7. The fourth-order valence-corrected chi connectivity index (χ4v) is 10.8. The SMILES string of the molecule is CC(=O)C(=O)c1c[nH]c2cccc(F)c12.Cc1cccc(N2CCN(C(=O)C(=O)c3c[nH]c4c(-c5ncon5)ccc(F)c34)CC2)n1.NO.O=C(C(=O)N1CCN(c2ccccn2)CC1)c1c[nH]c2c(-c3ncon3)ccc(F)c12.O=C(Cl)C(=O)c1c[nH]c2cccc(F)c12. The number of nitrogens with one attached hydrogen (secondary N) is 4. The van der Waals surface area contributed by atoms with E-state index in [4.69, 9.17) is 25.9 Å². The smallest absolute Gasteiger partial charge is 0.295 e. The normalized spacial score (nSPS) is 12.8. The molecule has 7 N–H and O–H groups in total. The molecule has 31 heteroatoms. The molecule has 2 amide bonds. The molecular weight excluding hydrogens is 1270 g/mol. The van der Waals surface area contributed by atoms with Crippen LogP contribution < -0.4 is 15.7 Å². The molecule has 0 spiro atoms. The van der Waals surface area contributed by atoms with Crippen LogP contribution in [0.2, 0.25) is 0 Å². The van der Waals surface area contributed by atoms with Gasteiger partial charge in [-0.2, -0.15) is 9.97 Å². The molecule has 0 bridgehead atoms. The number of ketones is 5. The number of carbonyl (C=O) groups is 8. The quantitative estimate of drug-likeness (QED) is 0.0219. The van der Waals surface area contributed by atoms with E-state index in [2.05, 4.69) is 65.9 Å². The Balaban J connectivity index is 0.000000145. The number of piperazine rings is 2. The highest BCUT2D eigenvalue weighted by Gasteiger charge is 2.33. The van der Waals surface area contributed by atoms with Gasteiger partial charge in [0, 0.05) is 140 Å². The van der Waals surface area contributed by atoms with Crippen LogP contribution in [0.3, 0.4) is 0 Å². The van der Waals surface area contributed by atoms with E-state index in [1.165, 1.54) is 90.0 Å². The summed E-state index contributed by atoms with van der Waals surface area (Å²) in [6, 6.07) is 25.6. The van der Waals surface area contributed by atoms with E-state index in [0.29, 0.717) is 85.6 Å². The number of H-pyrrole nitrogens is 4. The number of rotatable bonds is 12. The average Bonchev–Trinajstić information content (AvgIpc) is 1.66. The number of benzene rings is 4. The lowest BCUT2D eigenvalue weighted by Gasteiger charge is -2.35. The molecule has 8 aromatic heterocycles. The minimum Gasteiger partial charge on any atom is -0.360 e. The van der Waals surface area contributed by atoms with Crippen LogP contribution in [0.25, 0.3) is 66.4 Å². The zero-order chi connectivity index (χ0) is 67.6. The molecule has 484 valence electrons. The van der Waals surface area contributed by atoms with Gasteiger partial charge in [-0.05, 0) is 91.3 Å². The van der Waals surface area contributed by atoms with E-state index in [9.17, 15) is 55.9 Å². The molecule has 2 aliphatic heterocycles. The number of nitrogens with zero attached hydrogens (tertiary/aromatic N) is 10. The van der Waals surface area contributed by atoms with Crippen molar-refractivity contribution in [2.45, 2.75) is 13.8 Å². The second-order valence-electron chi connectivity index (χ2n) is 20.9. The minimum atomic E-state index is -1.13. The molecule has 4 aromatic carbocycles. The first kappa shape index (κ1) is 66.0. The first-order valence-electron chi connectivity index (χ1n) is 28.6. The highest BCUT2D eigenvalue weighted by molar-refractivity contribution is 6.83. The van der Waals surface area contributed by atoms with E-state index in [-0.39, 0.29) is 55.4 Å². The Labute approximate surface area is 537 Å². The van der Waals surface area contributed by atoms with Crippen molar-refractivity contribution in [3.8, 4) is 22.8 Å². The Kier molecular flexibility index (Phi) is 20.3. The maximum absolute atomic E-state index is 14.7. The molecular formula is C64H52ClF4N15O11. The van der Waals surface area contributed by atoms with Gasteiger partial charge in [-0.25, -0.2) is 33.4 Å². The van der Waals surface area contributed by atoms with Crippen LogP contribution in [0.15, 0.2) is 150 Å². The predicted octanol–water partition coefficient (Wildman–Crippen LogP) is 8.54. The summed E-state index contributed by atoms with van der Waals surface area (Å²) in [5, 5.41) is 13.2. The van der Waals surface area contributed by atoms with Crippen LogP contribution in [0.4, 0.5) is 29.2 Å². The number of Topliss-reactive ketones (excluding diaryl/α,β-unsaturated/α-hetero) is 5. The third kappa shape index (κ3) is 14.0. The Morgan fingerprint density at radius 1 is 0.484 bits per heavy atom. The first-order valence-corrected chi connectivity index (χ1v) is 29.0. The minimum absolute atomic E-state index is 0.0179. The molecule has 0 atom stereocenters. The molecule has 0 saturated carbocycles. The van der Waals surface area contributed by atoms with Crippen molar-refractivity contribution >= 4 is 113 Å². The molecule has 0 unspecified atom stereocenters. The summed E-state index contributed by atoms with van der Waals surface area (Å²) in [4.78, 5) is 131. The summed E-state index contributed by atoms with van der Waals surface area (Å²) in [6.07, 6.45) is 9.37. The first-order chi connectivity index (χ1) is 45.9. The van der Waals surface area contributed by atoms with Gasteiger partial charge < -0.3 is 53.8 Å². The second kappa shape index (κ2) is 29.2. The third-order valence-corrected chi connectivity index (χ3v) is 15.4. The van der Waals surface area contributed by atoms with Crippen molar-refractivity contribution in [1.29, 1.82) is 0 Å². The number of hydrogen-bond donors (Lipinski definition) is 6. The number of aromatic nitrogens is 10. The fraction of sp³-hybridized carbons (Fsp3) is 0.156. The molecule has 12 aromatic rings. The Hall–Kier alpha value is -11.9. The predicted molar refractivity (Wildman–Crippen MR) is 335 cm³/mol. The molecule has 2 fully saturated rings. The standard InChI is InChI=1S/C22H19FN6O3.C21H17FN6O3.C11H8FNO2.C10H5ClFNO2.H3NO/c1-13-3-2-4-17(26-13)28-7-9-29(10-8-28)22(31)20(30)15-11-24-19-14(21-25-12-32-27-21)5-6-16(23)18(15)19;22-15-5-4-13(20-25-12-31-26-20)18-17(15)14(11-24-18)19(29)21(30)28-9-7-27(8-10-28)16-3-1-2-6-23-16;1-6(14)11(15)7-5-13-9-4-2-3-8(12)10(7)9;11-10(15)9(14)5-4-13-7-3-1-2-6(12)8(5)7;1-2/h2-6,11-12,24H,7-10H2,1H3;1-6,11-12,24H,7-10H2;2-5,13H,1H3;1-4,13H;2H,1H2. The van der Waals surface area contributed by atoms with Crippen molar-refractivity contribution in [3.63, 3.8) is 0 Å². The molecule has 14 rings (SSSR count). The summed E-state index contributed by atoms with van der Waals surface area (Å²) in [5.74, 6) is -1.63. The molecule has 95 heavy (non-hydrogen) atoms. The van der Waals surface area contributed by atoms with Crippen LogP contribution in [-0.4, -0.2) is 164 Å². The number of amides is 2. The van der Waals surface area contributed by atoms with Crippen LogP contribution in [0.5, 0.6) is 0 Å². The van der Waals surface area contributed by atoms with Crippen molar-refractivity contribution in [3.05, 3.63) is 192 Å². The molecule has 26 nitrogen and oxygen atoms in total. The van der Waals surface area contributed by atoms with E-state index >= 15 is 0 Å². The van der Waals surface area contributed by atoms with Gasteiger partial charge in [0.1, 0.15) is 34.9 Å². The Bertz CT molecular complexity index is 4750. The zero-order valence-electron chi connectivity index (χ0n) is 49.9. The zero-order valence-corrected chi connectivity index (χ0v) is 50.7. The fourth-order valence-electron chi connectivity index (χ4n) is 10.7. The molecule has 2 aliphatic rings. The summed E-state index contributed by atoms with van der Waals surface area (Å²) in [6.45, 7) is 6.81. The molecule has 10 heterocycles. The second-order valence-corrected chi connectivity index (χ2v) is 21.2. The van der Waals surface area contributed by atoms with E-state index < -0.39 is 69.2 Å². The van der Waals surface area contributed by atoms with Gasteiger partial charge in [-0.15, -0.1) is 0 Å². The average molecular weight is 1320 g/mol. The molecule has 0 aliphatic carbocycles. The van der Waals surface area contributed by atoms with Gasteiger partial charge in [-0.1, -0.05) is 34.6 Å². The summed E-state index contributed by atoms with van der Waals surface area (Å²) in [7, 11) is 0. The number of aryl methyl sites for hydroxylation is 1. The maximum Gasteiger partial charge on any atom is 0.295 e. The van der Waals surface area contributed by atoms with Crippen molar-refractivity contribution in [2.24, 2.45) is 5.90 Å². The number of nitrogens with two attached hydrogens (primary N) is 1. The summed E-state index contributed by atoms with van der Waals surface area (Å²) >= 11 is 5.05. The number of pyridine rings is 2. The van der Waals surface area contributed by atoms with Gasteiger partial charge in [0.2, 0.25) is 36.0 Å². The lowest BCUT2D eigenvalue weighted by atomic mass is 10.0. The molecule has 0 radical (unpaired) electrons. The highest BCUT2D eigenvalue weighted by Crippen LogP contribution is 2.33. The summed E-state index contributed by atoms with van der Waals surface area (Å²) < 4.78 is 65.6. The van der Waals surface area contributed by atoms with Crippen molar-refractivity contribution in [1.82, 2.24) is 60.0 Å². The summed E-state index contributed by atoms with van der Waals surface area (Å²) in [5.41, 5.74) is 3.51. The lowest BCUT2D eigenvalue weighted by Crippen LogP contribution is -2.50. The number of fused-ring (bicyclic) bond motifs is 4. The van der Waals surface area contributed by atoms with Gasteiger partial charge in [0.15, 0.2) is 5.78 Å². The number of halogens is 5. The van der Waals surface area contributed by atoms with Crippen LogP contribution in [0, 0.1) is 30.2 Å². The van der Waals surface area contributed by atoms with Crippen molar-refractivity contribution < 1.29 is 70.2 Å². The number of hydrogen-bond acceptors (Lipinski definition) is 20. The van der Waals surface area contributed by atoms with Crippen LogP contribution in [0.1, 0.15) is 54.0 Å². The molecule has 2 saturated heterocycles. The van der Waals surface area contributed by atoms with Gasteiger partial charge in [-0.3, -0.25) is 38.4 Å². The Morgan fingerprint density at radius 3 is 1.33 bits per heavy atom. The van der Waals surface area contributed by atoms with Gasteiger partial charge in [0.25, 0.3) is 28.6 Å². The highest BCUT2D eigenvalue weighted by atomic mass is 35.5. The lowest BCUT2D eigenvalue weighted by molar-refractivity contribution is -0.127. The van der Waals surface area contributed by atoms with E-state index in [1.807, 2.05) is 43.3 Å². The van der Waals surface area contributed by atoms with Crippen LogP contribution in [-0.2, 0) is 19.2 Å². The van der Waals surface area contributed by atoms with E-state index in [0.717, 1.165) is 30.1 Å². The van der Waals surface area contributed by atoms with Gasteiger partial charge >= 0.3 is 0 Å². The monoisotopic (exact) mass is 1320 g/mol. The largest absolute Gasteiger partial charge is 0.360 e. The third-order valence-electron chi connectivity index (χ3n) is 15.3. The number of aromatic amines is 4. The number of anilines is 2. The Morgan fingerprint density at radius 2 is 0.905 bits per heavy atom. The van der Waals surface area contributed by atoms with Crippen molar-refractivity contribution in [2.75, 3.05) is 62.2 Å².